The molecule has 1 amide bonds. The van der Waals surface area contributed by atoms with E-state index in [0.29, 0.717) is 17.0 Å². The van der Waals surface area contributed by atoms with E-state index in [0.717, 1.165) is 10.6 Å². The number of carbonyl (C=O) groups excluding carboxylic acids is 2. The van der Waals surface area contributed by atoms with Gasteiger partial charge in [0.2, 0.25) is 22.0 Å². The molecule has 0 fully saturated rings. The third-order valence-electron chi connectivity index (χ3n) is 4.59. The lowest BCUT2D eigenvalue weighted by atomic mass is 10.1. The maximum absolute atomic E-state index is 13.1. The molecule has 0 aromatic heterocycles. The van der Waals surface area contributed by atoms with Crippen LogP contribution >= 0.6 is 0 Å². The average molecular weight is 436 g/mol. The summed E-state index contributed by atoms with van der Waals surface area (Å²) in [5.41, 5.74) is 0.960. The van der Waals surface area contributed by atoms with Crippen LogP contribution in [0.1, 0.15) is 5.56 Å². The summed E-state index contributed by atoms with van der Waals surface area (Å²) in [5.74, 6) is -1.31. The van der Waals surface area contributed by atoms with E-state index in [1.807, 2.05) is 0 Å². The van der Waals surface area contributed by atoms with Crippen LogP contribution in [0.3, 0.4) is 0 Å². The maximum Gasteiger partial charge on any atom is 0.348 e. The number of benzene rings is 2. The number of ether oxygens (including phenoxy) is 2. The van der Waals surface area contributed by atoms with E-state index < -0.39 is 40.4 Å². The number of amides is 1. The van der Waals surface area contributed by atoms with Gasteiger partial charge in [0.05, 0.1) is 32.1 Å². The van der Waals surface area contributed by atoms with Crippen molar-refractivity contribution in [2.45, 2.75) is 12.6 Å². The molecule has 3 rings (SSSR count). The zero-order valence-electron chi connectivity index (χ0n) is 16.4. The van der Waals surface area contributed by atoms with Crippen molar-refractivity contribution in [3.63, 3.8) is 0 Å². The Balaban J connectivity index is 1.85. The first kappa shape index (κ1) is 21.7. The Hall–Kier alpha value is -2.98. The minimum Gasteiger partial charge on any atom is -0.475 e. The van der Waals surface area contributed by atoms with E-state index in [1.165, 1.54) is 36.3 Å². The van der Waals surface area contributed by atoms with Crippen LogP contribution in [0.4, 0.5) is 10.1 Å². The van der Waals surface area contributed by atoms with Crippen molar-refractivity contribution in [3.8, 4) is 5.75 Å². The van der Waals surface area contributed by atoms with Crippen molar-refractivity contribution in [2.75, 3.05) is 31.4 Å². The molecule has 0 unspecified atom stereocenters. The predicted octanol–water partition coefficient (Wildman–Crippen LogP) is 1.55. The molecule has 0 saturated heterocycles. The van der Waals surface area contributed by atoms with Gasteiger partial charge in [-0.1, -0.05) is 24.3 Å². The molecule has 1 aliphatic rings. The van der Waals surface area contributed by atoms with Crippen LogP contribution in [0.25, 0.3) is 0 Å². The zero-order valence-corrected chi connectivity index (χ0v) is 17.3. The molecule has 1 atom stereocenters. The first-order chi connectivity index (χ1) is 14.2. The molecule has 8 nitrogen and oxygen atoms in total. The van der Waals surface area contributed by atoms with Crippen LogP contribution in [0.15, 0.2) is 48.5 Å². The highest BCUT2D eigenvalue weighted by atomic mass is 32.2. The number of hydrogen-bond donors (Lipinski definition) is 0. The minimum absolute atomic E-state index is 0.0999. The number of carbonyl (C=O) groups is 2. The molecule has 0 bridgehead atoms. The molecule has 0 aliphatic carbocycles. The van der Waals surface area contributed by atoms with Crippen molar-refractivity contribution in [1.82, 2.24) is 4.31 Å². The van der Waals surface area contributed by atoms with Gasteiger partial charge in [-0.25, -0.2) is 17.6 Å². The average Bonchev–Trinajstić information content (AvgIpc) is 2.72. The smallest absolute Gasteiger partial charge is 0.348 e. The molecule has 160 valence electrons. The molecule has 1 aliphatic heterocycles. The molecular weight excluding hydrogens is 415 g/mol. The zero-order chi connectivity index (χ0) is 21.9. The van der Waals surface area contributed by atoms with Gasteiger partial charge >= 0.3 is 5.97 Å². The number of hydrogen-bond acceptors (Lipinski definition) is 6. The fourth-order valence-corrected chi connectivity index (χ4v) is 3.77. The van der Waals surface area contributed by atoms with E-state index in [4.69, 9.17) is 9.47 Å². The predicted molar refractivity (Wildman–Crippen MR) is 107 cm³/mol. The van der Waals surface area contributed by atoms with Crippen LogP contribution in [0.2, 0.25) is 0 Å². The molecule has 0 saturated carbocycles. The van der Waals surface area contributed by atoms with Crippen molar-refractivity contribution in [2.24, 2.45) is 0 Å². The molecular formula is C20H21FN2O6S. The number of rotatable bonds is 6. The van der Waals surface area contributed by atoms with Crippen LogP contribution in [-0.4, -0.2) is 57.2 Å². The standard InChI is InChI=1S/C20H21FN2O6S/c1-28-20(25)18-12-23(16-5-3-4-6-17(16)29-18)19(24)13-22(30(2,26)27)11-14-7-9-15(21)10-8-14/h3-10,18H,11-13H2,1-2H3/t18-/m0/s1. The lowest BCUT2D eigenvalue weighted by molar-refractivity contribution is -0.148. The summed E-state index contributed by atoms with van der Waals surface area (Å²) in [4.78, 5) is 26.4. The highest BCUT2D eigenvalue weighted by molar-refractivity contribution is 7.88. The lowest BCUT2D eigenvalue weighted by Gasteiger charge is -2.34. The fraction of sp³-hybridized carbons (Fsp3) is 0.300. The van der Waals surface area contributed by atoms with Gasteiger partial charge in [0.25, 0.3) is 0 Å². The Labute approximate surface area is 173 Å². The van der Waals surface area contributed by atoms with Crippen molar-refractivity contribution >= 4 is 27.6 Å². The quantitative estimate of drug-likeness (QED) is 0.638. The van der Waals surface area contributed by atoms with Crippen molar-refractivity contribution < 1.29 is 31.9 Å². The normalized spacial score (nSPS) is 16.0. The van der Waals surface area contributed by atoms with E-state index in [2.05, 4.69) is 0 Å². The molecule has 2 aromatic carbocycles. The number of para-hydroxylation sites is 2. The summed E-state index contributed by atoms with van der Waals surface area (Å²) in [6.45, 7) is -0.674. The van der Waals surface area contributed by atoms with Gasteiger partial charge in [0.15, 0.2) is 0 Å². The summed E-state index contributed by atoms with van der Waals surface area (Å²) >= 11 is 0. The highest BCUT2D eigenvalue weighted by Crippen LogP contribution is 2.33. The molecule has 30 heavy (non-hydrogen) atoms. The topological polar surface area (TPSA) is 93.2 Å². The Morgan fingerprint density at radius 3 is 2.50 bits per heavy atom. The number of anilines is 1. The molecule has 10 heteroatoms. The van der Waals surface area contributed by atoms with E-state index >= 15 is 0 Å². The summed E-state index contributed by atoms with van der Waals surface area (Å²) in [7, 11) is -2.53. The third-order valence-corrected chi connectivity index (χ3v) is 5.79. The second kappa shape index (κ2) is 8.80. The number of methoxy groups -OCH3 is 1. The molecule has 1 heterocycles. The van der Waals surface area contributed by atoms with Crippen LogP contribution in [0, 0.1) is 5.82 Å². The molecule has 0 radical (unpaired) electrons. The second-order valence-corrected chi connectivity index (χ2v) is 8.74. The number of esters is 1. The summed E-state index contributed by atoms with van der Waals surface area (Å²) < 4.78 is 49.0. The largest absolute Gasteiger partial charge is 0.475 e. The Morgan fingerprint density at radius 2 is 1.87 bits per heavy atom. The fourth-order valence-electron chi connectivity index (χ4n) is 3.04. The van der Waals surface area contributed by atoms with Crippen LogP contribution < -0.4 is 9.64 Å². The SMILES string of the molecule is COC(=O)[C@@H]1CN(C(=O)CN(Cc2ccc(F)cc2)S(C)(=O)=O)c2ccccc2O1. The number of nitrogens with zero attached hydrogens (tertiary/aromatic N) is 2. The number of sulfonamides is 1. The van der Waals surface area contributed by atoms with Gasteiger partial charge in [-0.05, 0) is 29.8 Å². The van der Waals surface area contributed by atoms with Gasteiger partial charge in [-0.2, -0.15) is 4.31 Å². The van der Waals surface area contributed by atoms with Gasteiger partial charge in [-0.15, -0.1) is 0 Å². The van der Waals surface area contributed by atoms with Crippen LogP contribution in [0.5, 0.6) is 5.75 Å². The van der Waals surface area contributed by atoms with E-state index in [9.17, 15) is 22.4 Å². The van der Waals surface area contributed by atoms with Crippen molar-refractivity contribution in [1.29, 1.82) is 0 Å². The molecule has 0 N–H and O–H groups in total. The Morgan fingerprint density at radius 1 is 1.20 bits per heavy atom. The van der Waals surface area contributed by atoms with E-state index in [-0.39, 0.29) is 13.1 Å². The number of halogens is 1. The molecule has 0 spiro atoms. The van der Waals surface area contributed by atoms with Gasteiger partial charge in [-0.3, -0.25) is 4.79 Å². The first-order valence-corrected chi connectivity index (χ1v) is 10.9. The Kier molecular flexibility index (Phi) is 6.37. The van der Waals surface area contributed by atoms with Gasteiger partial charge in [0, 0.05) is 6.54 Å². The summed E-state index contributed by atoms with van der Waals surface area (Å²) in [6.07, 6.45) is -0.0356. The first-order valence-electron chi connectivity index (χ1n) is 9.02. The minimum atomic E-state index is -3.75. The van der Waals surface area contributed by atoms with Crippen molar-refractivity contribution in [3.05, 3.63) is 59.9 Å². The highest BCUT2D eigenvalue weighted by Gasteiger charge is 2.35. The Bertz CT molecular complexity index is 1040. The molecule has 2 aromatic rings. The maximum atomic E-state index is 13.1. The number of fused-ring (bicyclic) bond motifs is 1. The summed E-state index contributed by atoms with van der Waals surface area (Å²) in [6, 6.07) is 12.0. The lowest BCUT2D eigenvalue weighted by Crippen LogP contribution is -2.50. The van der Waals surface area contributed by atoms with Gasteiger partial charge in [0.1, 0.15) is 11.6 Å². The second-order valence-electron chi connectivity index (χ2n) is 6.76. The van der Waals surface area contributed by atoms with Crippen LogP contribution in [-0.2, 0) is 30.9 Å². The third kappa shape index (κ3) is 4.95. The van der Waals surface area contributed by atoms with Gasteiger partial charge < -0.3 is 14.4 Å². The van der Waals surface area contributed by atoms with E-state index in [1.54, 1.807) is 24.3 Å². The monoisotopic (exact) mass is 436 g/mol. The summed E-state index contributed by atoms with van der Waals surface area (Å²) in [5, 5.41) is 0.